The van der Waals surface area contributed by atoms with Crippen LogP contribution in [0.5, 0.6) is 0 Å². The Hall–Kier alpha value is -0.590. The zero-order valence-corrected chi connectivity index (χ0v) is 10.4. The molecule has 0 saturated heterocycles. The third kappa shape index (κ3) is 3.48. The van der Waals surface area contributed by atoms with Crippen molar-refractivity contribution in [2.45, 2.75) is 57.7 Å². The lowest BCUT2D eigenvalue weighted by atomic mass is 9.94. The van der Waals surface area contributed by atoms with Gasteiger partial charge in [-0.05, 0) is 46.7 Å². The second kappa shape index (κ2) is 4.96. The molecule has 0 amide bonds. The van der Waals surface area contributed by atoms with Gasteiger partial charge in [0.05, 0.1) is 6.07 Å². The molecule has 1 saturated carbocycles. The lowest BCUT2D eigenvalue weighted by Crippen LogP contribution is -2.46. The van der Waals surface area contributed by atoms with Crippen LogP contribution in [0.1, 0.15) is 40.0 Å². The SMILES string of the molecule is CCNC(C)(C#N)CC(C)N(C)C1CC1. The predicted molar refractivity (Wildman–Crippen MR) is 62.6 cm³/mol. The molecule has 86 valence electrons. The summed E-state index contributed by atoms with van der Waals surface area (Å²) in [6, 6.07) is 3.63. The zero-order valence-electron chi connectivity index (χ0n) is 10.4. The van der Waals surface area contributed by atoms with E-state index >= 15 is 0 Å². The van der Waals surface area contributed by atoms with E-state index in [2.05, 4.69) is 30.3 Å². The number of hydrogen-bond donors (Lipinski definition) is 1. The molecule has 3 heteroatoms. The van der Waals surface area contributed by atoms with Crippen LogP contribution in [0, 0.1) is 11.3 Å². The van der Waals surface area contributed by atoms with E-state index < -0.39 is 0 Å². The van der Waals surface area contributed by atoms with Crippen LogP contribution >= 0.6 is 0 Å². The molecule has 1 aliphatic carbocycles. The second-order valence-electron chi connectivity index (χ2n) is 4.92. The topological polar surface area (TPSA) is 39.1 Å². The van der Waals surface area contributed by atoms with Crippen molar-refractivity contribution >= 4 is 0 Å². The lowest BCUT2D eigenvalue weighted by Gasteiger charge is -2.31. The molecule has 1 N–H and O–H groups in total. The molecule has 1 rings (SSSR count). The number of nitrogens with one attached hydrogen (secondary N) is 1. The number of nitriles is 1. The first-order valence-corrected chi connectivity index (χ1v) is 5.90. The van der Waals surface area contributed by atoms with Gasteiger partial charge in [0.1, 0.15) is 5.54 Å². The van der Waals surface area contributed by atoms with Crippen molar-refractivity contribution in [2.24, 2.45) is 0 Å². The molecule has 0 aromatic rings. The maximum atomic E-state index is 9.17. The van der Waals surface area contributed by atoms with Gasteiger partial charge in [0.25, 0.3) is 0 Å². The minimum Gasteiger partial charge on any atom is -0.301 e. The first-order valence-electron chi connectivity index (χ1n) is 5.90. The normalized spacial score (nSPS) is 22.1. The van der Waals surface area contributed by atoms with Crippen LogP contribution in [0.2, 0.25) is 0 Å². The maximum Gasteiger partial charge on any atom is 0.105 e. The fraction of sp³-hybridized carbons (Fsp3) is 0.917. The molecule has 2 unspecified atom stereocenters. The van der Waals surface area contributed by atoms with Crippen molar-refractivity contribution in [2.75, 3.05) is 13.6 Å². The average molecular weight is 209 g/mol. The standard InChI is InChI=1S/C12H23N3/c1-5-14-12(3,9-13)8-10(2)15(4)11-6-7-11/h10-11,14H,5-8H2,1-4H3. The summed E-state index contributed by atoms with van der Waals surface area (Å²) in [4.78, 5) is 2.41. The second-order valence-corrected chi connectivity index (χ2v) is 4.92. The Morgan fingerprint density at radius 2 is 2.20 bits per heavy atom. The van der Waals surface area contributed by atoms with Crippen molar-refractivity contribution in [3.8, 4) is 6.07 Å². The van der Waals surface area contributed by atoms with Crippen LogP contribution < -0.4 is 5.32 Å². The van der Waals surface area contributed by atoms with E-state index in [0.29, 0.717) is 6.04 Å². The summed E-state index contributed by atoms with van der Waals surface area (Å²) >= 11 is 0. The van der Waals surface area contributed by atoms with Crippen LogP contribution in [-0.4, -0.2) is 36.1 Å². The quantitative estimate of drug-likeness (QED) is 0.724. The van der Waals surface area contributed by atoms with E-state index in [1.807, 2.05) is 13.8 Å². The fourth-order valence-electron chi connectivity index (χ4n) is 2.12. The smallest absolute Gasteiger partial charge is 0.105 e. The first-order chi connectivity index (χ1) is 7.02. The molecular formula is C12H23N3. The van der Waals surface area contributed by atoms with Crippen LogP contribution in [0.4, 0.5) is 0 Å². The van der Waals surface area contributed by atoms with Gasteiger partial charge < -0.3 is 4.90 Å². The monoisotopic (exact) mass is 209 g/mol. The van der Waals surface area contributed by atoms with Gasteiger partial charge in [0.15, 0.2) is 0 Å². The zero-order chi connectivity index (χ0) is 11.5. The van der Waals surface area contributed by atoms with Crippen LogP contribution in [0.15, 0.2) is 0 Å². The Morgan fingerprint density at radius 3 is 2.60 bits per heavy atom. The highest BCUT2D eigenvalue weighted by molar-refractivity contribution is 5.05. The molecule has 0 aliphatic heterocycles. The highest BCUT2D eigenvalue weighted by Gasteiger charge is 2.33. The summed E-state index contributed by atoms with van der Waals surface area (Å²) in [6.07, 6.45) is 3.54. The van der Waals surface area contributed by atoms with Crippen molar-refractivity contribution in [1.29, 1.82) is 5.26 Å². The van der Waals surface area contributed by atoms with Gasteiger partial charge >= 0.3 is 0 Å². The Labute approximate surface area is 93.5 Å². The highest BCUT2D eigenvalue weighted by Crippen LogP contribution is 2.29. The first kappa shape index (κ1) is 12.5. The Morgan fingerprint density at radius 1 is 1.60 bits per heavy atom. The van der Waals surface area contributed by atoms with Gasteiger partial charge in [-0.25, -0.2) is 0 Å². The molecule has 0 spiro atoms. The molecule has 3 nitrogen and oxygen atoms in total. The molecule has 1 aliphatic rings. The highest BCUT2D eigenvalue weighted by atomic mass is 15.2. The van der Waals surface area contributed by atoms with Crippen LogP contribution in [-0.2, 0) is 0 Å². The molecule has 0 bridgehead atoms. The Bertz CT molecular complexity index is 242. The molecule has 0 heterocycles. The minimum absolute atomic E-state index is 0.378. The average Bonchev–Trinajstić information content (AvgIpc) is 3.00. The summed E-state index contributed by atoms with van der Waals surface area (Å²) in [7, 11) is 2.17. The fourth-order valence-corrected chi connectivity index (χ4v) is 2.12. The number of hydrogen-bond acceptors (Lipinski definition) is 3. The van der Waals surface area contributed by atoms with Gasteiger partial charge in [-0.15, -0.1) is 0 Å². The predicted octanol–water partition coefficient (Wildman–Crippen LogP) is 1.75. The van der Waals surface area contributed by atoms with Gasteiger partial charge in [0, 0.05) is 12.1 Å². The summed E-state index contributed by atoms with van der Waals surface area (Å²) in [5.41, 5.74) is -0.378. The Balaban J connectivity index is 2.46. The van der Waals surface area contributed by atoms with E-state index in [0.717, 1.165) is 19.0 Å². The minimum atomic E-state index is -0.378. The summed E-state index contributed by atoms with van der Waals surface area (Å²) in [5.74, 6) is 0. The van der Waals surface area contributed by atoms with E-state index in [-0.39, 0.29) is 5.54 Å². The van der Waals surface area contributed by atoms with Crippen LogP contribution in [0.25, 0.3) is 0 Å². The van der Waals surface area contributed by atoms with Gasteiger partial charge in [-0.3, -0.25) is 5.32 Å². The molecule has 15 heavy (non-hydrogen) atoms. The van der Waals surface area contributed by atoms with Crippen LogP contribution in [0.3, 0.4) is 0 Å². The lowest BCUT2D eigenvalue weighted by molar-refractivity contribution is 0.206. The number of nitrogens with zero attached hydrogens (tertiary/aromatic N) is 2. The third-order valence-electron chi connectivity index (χ3n) is 3.34. The molecule has 0 aromatic heterocycles. The maximum absolute atomic E-state index is 9.17. The van der Waals surface area contributed by atoms with Crippen molar-refractivity contribution < 1.29 is 0 Å². The molecule has 0 radical (unpaired) electrons. The third-order valence-corrected chi connectivity index (χ3v) is 3.34. The van der Waals surface area contributed by atoms with E-state index in [1.54, 1.807) is 0 Å². The molecule has 1 fully saturated rings. The van der Waals surface area contributed by atoms with Crippen molar-refractivity contribution in [1.82, 2.24) is 10.2 Å². The molecule has 0 aromatic carbocycles. The summed E-state index contributed by atoms with van der Waals surface area (Å²) in [5, 5.41) is 12.4. The van der Waals surface area contributed by atoms with Gasteiger partial charge in [-0.2, -0.15) is 5.26 Å². The largest absolute Gasteiger partial charge is 0.301 e. The van der Waals surface area contributed by atoms with Gasteiger partial charge in [-0.1, -0.05) is 6.92 Å². The molecule has 2 atom stereocenters. The summed E-state index contributed by atoms with van der Waals surface area (Å²) in [6.45, 7) is 7.10. The van der Waals surface area contributed by atoms with E-state index in [4.69, 9.17) is 0 Å². The summed E-state index contributed by atoms with van der Waals surface area (Å²) < 4.78 is 0. The Kier molecular flexibility index (Phi) is 4.12. The molecular weight excluding hydrogens is 186 g/mol. The van der Waals surface area contributed by atoms with Crippen molar-refractivity contribution in [3.05, 3.63) is 0 Å². The van der Waals surface area contributed by atoms with Gasteiger partial charge in [0.2, 0.25) is 0 Å². The number of rotatable bonds is 6. The van der Waals surface area contributed by atoms with Crippen molar-refractivity contribution in [3.63, 3.8) is 0 Å². The van der Waals surface area contributed by atoms with E-state index in [9.17, 15) is 5.26 Å². The van der Waals surface area contributed by atoms with E-state index in [1.165, 1.54) is 12.8 Å².